The van der Waals surface area contributed by atoms with E-state index in [1.54, 1.807) is 6.20 Å². The van der Waals surface area contributed by atoms with Crippen molar-refractivity contribution in [3.8, 4) is 0 Å². The van der Waals surface area contributed by atoms with Gasteiger partial charge in [-0.1, -0.05) is 0 Å². The summed E-state index contributed by atoms with van der Waals surface area (Å²) in [4.78, 5) is 18.6. The van der Waals surface area contributed by atoms with Crippen molar-refractivity contribution >= 4 is 11.6 Å². The van der Waals surface area contributed by atoms with Gasteiger partial charge < -0.3 is 15.6 Å². The number of rotatable bonds is 4. The topological polar surface area (TPSA) is 69.8 Å². The minimum absolute atomic E-state index is 0.0621. The van der Waals surface area contributed by atoms with Gasteiger partial charge in [0.25, 0.3) is 5.91 Å². The van der Waals surface area contributed by atoms with Crippen molar-refractivity contribution in [1.82, 2.24) is 15.3 Å². The number of nitrogens with zero attached hydrogens (tertiary/aromatic N) is 1. The van der Waals surface area contributed by atoms with Crippen LogP contribution >= 0.6 is 0 Å². The molecule has 0 atom stereocenters. The van der Waals surface area contributed by atoms with Gasteiger partial charge in [0.1, 0.15) is 5.82 Å². The van der Waals surface area contributed by atoms with E-state index >= 15 is 0 Å². The number of alkyl halides is 3. The zero-order valence-corrected chi connectivity index (χ0v) is 11.1. The Bertz CT molecular complexity index is 623. The fourth-order valence-corrected chi connectivity index (χ4v) is 1.80. The van der Waals surface area contributed by atoms with Crippen LogP contribution < -0.4 is 10.6 Å². The molecule has 0 saturated heterocycles. The Morgan fingerprint density at radius 3 is 2.71 bits per heavy atom. The van der Waals surface area contributed by atoms with Crippen molar-refractivity contribution in [2.45, 2.75) is 12.7 Å². The van der Waals surface area contributed by atoms with E-state index in [0.717, 1.165) is 6.07 Å². The van der Waals surface area contributed by atoms with Crippen molar-refractivity contribution in [3.63, 3.8) is 0 Å². The third-order valence-electron chi connectivity index (χ3n) is 2.83. The molecule has 1 aromatic heterocycles. The van der Waals surface area contributed by atoms with Gasteiger partial charge in [0.15, 0.2) is 0 Å². The lowest BCUT2D eigenvalue weighted by Crippen LogP contribution is -2.24. The van der Waals surface area contributed by atoms with Crippen LogP contribution in [0.5, 0.6) is 0 Å². The van der Waals surface area contributed by atoms with Crippen LogP contribution in [0.25, 0.3) is 0 Å². The SMILES string of the molecule is CNc1ccc(C(=O)NCc2ncc[nH]2)cc1C(F)(F)F. The number of anilines is 1. The molecule has 3 N–H and O–H groups in total. The molecule has 0 fully saturated rings. The van der Waals surface area contributed by atoms with Crippen LogP contribution in [0.1, 0.15) is 21.7 Å². The standard InChI is InChI=1S/C13H13F3N4O/c1-17-10-3-2-8(6-9(10)13(14,15)16)12(21)20-7-11-18-4-5-19-11/h2-6,17H,7H2,1H3,(H,18,19)(H,20,21). The number of imidazole rings is 1. The first-order valence-electron chi connectivity index (χ1n) is 6.07. The molecule has 0 unspecified atom stereocenters. The molecule has 1 amide bonds. The summed E-state index contributed by atoms with van der Waals surface area (Å²) >= 11 is 0. The Kier molecular flexibility index (Phi) is 4.15. The number of amides is 1. The van der Waals surface area contributed by atoms with E-state index in [2.05, 4.69) is 20.6 Å². The van der Waals surface area contributed by atoms with Gasteiger partial charge in [-0.05, 0) is 18.2 Å². The summed E-state index contributed by atoms with van der Waals surface area (Å²) in [6.07, 6.45) is -1.43. The second-order valence-corrected chi connectivity index (χ2v) is 4.23. The third kappa shape index (κ3) is 3.53. The molecule has 0 saturated carbocycles. The fourth-order valence-electron chi connectivity index (χ4n) is 1.80. The molecule has 0 aliphatic rings. The summed E-state index contributed by atoms with van der Waals surface area (Å²) in [5.74, 6) is -0.0780. The summed E-state index contributed by atoms with van der Waals surface area (Å²) in [5.41, 5.74) is -1.02. The first kappa shape index (κ1) is 14.9. The second kappa shape index (κ2) is 5.86. The maximum atomic E-state index is 12.9. The Morgan fingerprint density at radius 2 is 2.14 bits per heavy atom. The highest BCUT2D eigenvalue weighted by atomic mass is 19.4. The van der Waals surface area contributed by atoms with E-state index in [0.29, 0.717) is 5.82 Å². The van der Waals surface area contributed by atoms with Gasteiger partial charge in [0, 0.05) is 30.7 Å². The van der Waals surface area contributed by atoms with Crippen molar-refractivity contribution in [1.29, 1.82) is 0 Å². The number of halogens is 3. The number of hydrogen-bond acceptors (Lipinski definition) is 3. The molecule has 21 heavy (non-hydrogen) atoms. The molecule has 0 radical (unpaired) electrons. The zero-order valence-electron chi connectivity index (χ0n) is 11.1. The predicted octanol–water partition coefficient (Wildman–Crippen LogP) is 2.40. The van der Waals surface area contributed by atoms with Crippen LogP contribution in [-0.4, -0.2) is 22.9 Å². The monoisotopic (exact) mass is 298 g/mol. The van der Waals surface area contributed by atoms with Crippen LogP contribution in [0.15, 0.2) is 30.6 Å². The molecule has 0 aliphatic heterocycles. The van der Waals surface area contributed by atoms with Gasteiger partial charge in [-0.15, -0.1) is 0 Å². The van der Waals surface area contributed by atoms with Gasteiger partial charge in [0.2, 0.25) is 0 Å². The quantitative estimate of drug-likeness (QED) is 0.812. The van der Waals surface area contributed by atoms with Gasteiger partial charge >= 0.3 is 6.18 Å². The zero-order chi connectivity index (χ0) is 15.5. The minimum Gasteiger partial charge on any atom is -0.388 e. The summed E-state index contributed by atoms with van der Waals surface area (Å²) in [5, 5.41) is 4.95. The number of aromatic amines is 1. The normalized spacial score (nSPS) is 11.2. The fraction of sp³-hybridized carbons (Fsp3) is 0.231. The van der Waals surface area contributed by atoms with E-state index in [4.69, 9.17) is 0 Å². The third-order valence-corrected chi connectivity index (χ3v) is 2.83. The first-order chi connectivity index (χ1) is 9.91. The molecular weight excluding hydrogens is 285 g/mol. The molecule has 8 heteroatoms. The molecule has 2 aromatic rings. The van der Waals surface area contributed by atoms with Crippen LogP contribution in [0.4, 0.5) is 18.9 Å². The van der Waals surface area contributed by atoms with Crippen molar-refractivity contribution < 1.29 is 18.0 Å². The van der Waals surface area contributed by atoms with Gasteiger partial charge in [-0.3, -0.25) is 4.79 Å². The van der Waals surface area contributed by atoms with Crippen LogP contribution in [0.3, 0.4) is 0 Å². The Hall–Kier alpha value is -2.51. The number of H-pyrrole nitrogens is 1. The Balaban J connectivity index is 2.17. The first-order valence-corrected chi connectivity index (χ1v) is 6.07. The average molecular weight is 298 g/mol. The lowest BCUT2D eigenvalue weighted by Gasteiger charge is -2.14. The molecule has 0 aliphatic carbocycles. The summed E-state index contributed by atoms with van der Waals surface area (Å²) in [7, 11) is 1.39. The van der Waals surface area contributed by atoms with Crippen molar-refractivity contribution in [3.05, 3.63) is 47.5 Å². The molecule has 112 valence electrons. The van der Waals surface area contributed by atoms with Gasteiger partial charge in [-0.25, -0.2) is 4.98 Å². The van der Waals surface area contributed by atoms with E-state index in [1.165, 1.54) is 25.4 Å². The van der Waals surface area contributed by atoms with Gasteiger partial charge in [-0.2, -0.15) is 13.2 Å². The number of benzene rings is 1. The lowest BCUT2D eigenvalue weighted by molar-refractivity contribution is -0.136. The van der Waals surface area contributed by atoms with E-state index in [-0.39, 0.29) is 17.8 Å². The highest BCUT2D eigenvalue weighted by molar-refractivity contribution is 5.94. The highest BCUT2D eigenvalue weighted by Crippen LogP contribution is 2.35. The summed E-state index contributed by atoms with van der Waals surface area (Å²) in [6, 6.07) is 3.38. The van der Waals surface area contributed by atoms with Crippen LogP contribution in [0, 0.1) is 0 Å². The lowest BCUT2D eigenvalue weighted by atomic mass is 10.1. The number of nitrogens with one attached hydrogen (secondary N) is 3. The number of aromatic nitrogens is 2. The van der Waals surface area contributed by atoms with E-state index in [1.807, 2.05) is 0 Å². The summed E-state index contributed by atoms with van der Waals surface area (Å²) < 4.78 is 38.7. The Morgan fingerprint density at radius 1 is 1.38 bits per heavy atom. The minimum atomic E-state index is -4.53. The van der Waals surface area contributed by atoms with Crippen molar-refractivity contribution in [2.24, 2.45) is 0 Å². The molecule has 1 heterocycles. The highest BCUT2D eigenvalue weighted by Gasteiger charge is 2.34. The molecule has 0 spiro atoms. The molecule has 0 bridgehead atoms. The molecular formula is C13H13F3N4O. The maximum absolute atomic E-state index is 12.9. The number of hydrogen-bond donors (Lipinski definition) is 3. The van der Waals surface area contributed by atoms with Crippen LogP contribution in [-0.2, 0) is 12.7 Å². The number of carbonyl (C=O) groups is 1. The maximum Gasteiger partial charge on any atom is 0.418 e. The van der Waals surface area contributed by atoms with Gasteiger partial charge in [0.05, 0.1) is 12.1 Å². The molecule has 1 aromatic carbocycles. The average Bonchev–Trinajstić information content (AvgIpc) is 2.96. The summed E-state index contributed by atoms with van der Waals surface area (Å²) in [6.45, 7) is 0.112. The van der Waals surface area contributed by atoms with E-state index in [9.17, 15) is 18.0 Å². The van der Waals surface area contributed by atoms with Crippen LogP contribution in [0.2, 0.25) is 0 Å². The number of carbonyl (C=O) groups excluding carboxylic acids is 1. The Labute approximate surface area is 118 Å². The molecule has 5 nitrogen and oxygen atoms in total. The second-order valence-electron chi connectivity index (χ2n) is 4.23. The van der Waals surface area contributed by atoms with E-state index < -0.39 is 17.6 Å². The largest absolute Gasteiger partial charge is 0.418 e. The van der Waals surface area contributed by atoms with Crippen molar-refractivity contribution in [2.75, 3.05) is 12.4 Å². The molecule has 2 rings (SSSR count). The smallest absolute Gasteiger partial charge is 0.388 e. The predicted molar refractivity (Wildman–Crippen MR) is 70.7 cm³/mol.